The molecular formula is C28H31NO2Si. The van der Waals surface area contributed by atoms with Gasteiger partial charge in [0.15, 0.2) is 0 Å². The maximum atomic E-state index is 11.6. The van der Waals surface area contributed by atoms with Gasteiger partial charge in [-0.3, -0.25) is 4.90 Å². The van der Waals surface area contributed by atoms with Crippen molar-refractivity contribution in [3.8, 4) is 11.1 Å². The molecule has 1 aliphatic heterocycles. The Kier molecular flexibility index (Phi) is 5.02. The highest BCUT2D eigenvalue weighted by Gasteiger charge is 2.57. The number of hydrogen-bond donors (Lipinski definition) is 1. The molecule has 3 aromatic rings. The van der Waals surface area contributed by atoms with Crippen LogP contribution in [0.15, 0.2) is 90.6 Å². The first kappa shape index (κ1) is 21.3. The summed E-state index contributed by atoms with van der Waals surface area (Å²) in [5.41, 5.74) is 7.79. The van der Waals surface area contributed by atoms with Crippen LogP contribution < -0.4 is 0 Å². The third-order valence-corrected chi connectivity index (χ3v) is 8.04. The first-order valence-corrected chi connectivity index (χ1v) is 14.9. The molecule has 2 aliphatic rings. The van der Waals surface area contributed by atoms with Crippen LogP contribution in [0.1, 0.15) is 23.6 Å². The molecule has 0 aromatic heterocycles. The molecular weight excluding hydrogens is 410 g/mol. The van der Waals surface area contributed by atoms with Crippen molar-refractivity contribution in [2.45, 2.75) is 43.9 Å². The molecule has 1 N–H and O–H groups in total. The van der Waals surface area contributed by atoms with Crippen LogP contribution in [0.5, 0.6) is 0 Å². The number of rotatable bonds is 4. The molecule has 5 rings (SSSR count). The van der Waals surface area contributed by atoms with Crippen molar-refractivity contribution in [3.05, 3.63) is 107 Å². The Labute approximate surface area is 192 Å². The molecule has 3 nitrogen and oxygen atoms in total. The van der Waals surface area contributed by atoms with Crippen LogP contribution >= 0.6 is 0 Å². The second-order valence-electron chi connectivity index (χ2n) is 10.0. The number of hydrogen-bond acceptors (Lipinski definition) is 3. The van der Waals surface area contributed by atoms with Crippen molar-refractivity contribution < 1.29 is 9.84 Å². The Hall–Kier alpha value is -2.50. The summed E-state index contributed by atoms with van der Waals surface area (Å²) in [6.07, 6.45) is 1.90. The molecule has 32 heavy (non-hydrogen) atoms. The predicted molar refractivity (Wildman–Crippen MR) is 133 cm³/mol. The summed E-state index contributed by atoms with van der Waals surface area (Å²) < 4.78 is 6.17. The molecule has 0 radical (unpaired) electrons. The van der Waals surface area contributed by atoms with Crippen LogP contribution in [0, 0.1) is 0 Å². The Balaban J connectivity index is 1.75. The first-order valence-electron chi connectivity index (χ1n) is 11.4. The number of ether oxygens (including phenoxy) is 1. The van der Waals surface area contributed by atoms with Gasteiger partial charge in [-0.15, -0.1) is 0 Å². The summed E-state index contributed by atoms with van der Waals surface area (Å²) in [7, 11) is -1.49. The largest absolute Gasteiger partial charge is 0.361 e. The van der Waals surface area contributed by atoms with E-state index in [1.165, 1.54) is 27.8 Å². The zero-order valence-corrected chi connectivity index (χ0v) is 20.2. The topological polar surface area (TPSA) is 32.7 Å². The minimum absolute atomic E-state index is 0.241. The van der Waals surface area contributed by atoms with Crippen molar-refractivity contribution in [2.24, 2.45) is 0 Å². The molecule has 1 unspecified atom stereocenters. The van der Waals surface area contributed by atoms with Gasteiger partial charge in [-0.1, -0.05) is 104 Å². The number of benzene rings is 3. The lowest BCUT2D eigenvalue weighted by atomic mass is 9.78. The molecule has 1 fully saturated rings. The Morgan fingerprint density at radius 2 is 1.41 bits per heavy atom. The predicted octanol–water partition coefficient (Wildman–Crippen LogP) is 5.76. The fraction of sp³-hybridized carbons (Fsp3) is 0.286. The van der Waals surface area contributed by atoms with E-state index in [-0.39, 0.29) is 6.04 Å². The van der Waals surface area contributed by atoms with E-state index in [1.54, 1.807) is 0 Å². The molecule has 1 saturated heterocycles. The van der Waals surface area contributed by atoms with Gasteiger partial charge in [0.25, 0.3) is 0 Å². The molecule has 1 heterocycles. The molecule has 0 amide bonds. The van der Waals surface area contributed by atoms with Gasteiger partial charge in [0, 0.05) is 0 Å². The highest BCUT2D eigenvalue weighted by atomic mass is 28.3. The van der Waals surface area contributed by atoms with E-state index in [9.17, 15) is 5.11 Å². The van der Waals surface area contributed by atoms with Gasteiger partial charge in [0.05, 0.1) is 14.1 Å². The summed E-state index contributed by atoms with van der Waals surface area (Å²) in [4.78, 5) is 2.33. The highest BCUT2D eigenvalue weighted by Crippen LogP contribution is 2.56. The van der Waals surface area contributed by atoms with Crippen molar-refractivity contribution >= 4 is 8.07 Å². The molecule has 0 bridgehead atoms. The minimum atomic E-state index is -1.49. The average Bonchev–Trinajstić information content (AvgIpc) is 3.26. The van der Waals surface area contributed by atoms with Crippen molar-refractivity contribution in [1.29, 1.82) is 0 Å². The van der Waals surface area contributed by atoms with Gasteiger partial charge >= 0.3 is 0 Å². The van der Waals surface area contributed by atoms with Crippen LogP contribution in [0.2, 0.25) is 19.6 Å². The zero-order valence-electron chi connectivity index (χ0n) is 19.2. The smallest absolute Gasteiger partial charge is 0.202 e. The monoisotopic (exact) mass is 441 g/mol. The van der Waals surface area contributed by atoms with Gasteiger partial charge in [0.1, 0.15) is 12.3 Å². The van der Waals surface area contributed by atoms with Gasteiger partial charge in [-0.05, 0) is 40.8 Å². The maximum Gasteiger partial charge on any atom is 0.202 e. The fourth-order valence-electron chi connectivity index (χ4n) is 5.25. The molecule has 2 atom stereocenters. The van der Waals surface area contributed by atoms with Gasteiger partial charge in [-0.25, -0.2) is 0 Å². The van der Waals surface area contributed by atoms with E-state index >= 15 is 0 Å². The van der Waals surface area contributed by atoms with Gasteiger partial charge < -0.3 is 9.84 Å². The summed E-state index contributed by atoms with van der Waals surface area (Å²) >= 11 is 0. The van der Waals surface area contributed by atoms with E-state index < -0.39 is 19.4 Å². The van der Waals surface area contributed by atoms with Crippen molar-refractivity contribution in [1.82, 2.24) is 4.90 Å². The number of fused-ring (bicyclic) bond motifs is 3. The average molecular weight is 442 g/mol. The molecule has 4 heteroatoms. The van der Waals surface area contributed by atoms with Gasteiger partial charge in [-0.2, -0.15) is 0 Å². The van der Waals surface area contributed by atoms with Crippen LogP contribution in [0.3, 0.4) is 0 Å². The zero-order chi connectivity index (χ0) is 22.6. The van der Waals surface area contributed by atoms with E-state index in [2.05, 4.69) is 116 Å². The first-order chi connectivity index (χ1) is 15.3. The molecule has 1 aliphatic carbocycles. The second-order valence-corrected chi connectivity index (χ2v) is 15.1. The standard InChI is InChI=1S/C28H31NO2Si/c1-21-27(30,18-19-32(2,3)4)31-20-29(21)28(22-12-6-5-7-13-22)25-16-10-8-14-23(25)24-15-9-11-17-26(24)28/h5-19,21,30H,20H2,1-4H3/b19-18+/t21-,27?/m0/s1. The fourth-order valence-corrected chi connectivity index (χ4v) is 5.99. The van der Waals surface area contributed by atoms with Crippen LogP contribution in [0.4, 0.5) is 0 Å². The van der Waals surface area contributed by atoms with Crippen molar-refractivity contribution in [2.75, 3.05) is 6.73 Å². The summed E-state index contributed by atoms with van der Waals surface area (Å²) in [6, 6.07) is 27.7. The summed E-state index contributed by atoms with van der Waals surface area (Å²) in [5, 5.41) is 11.6. The Morgan fingerprint density at radius 3 is 1.97 bits per heavy atom. The quantitative estimate of drug-likeness (QED) is 0.523. The third-order valence-electron chi connectivity index (χ3n) is 6.87. The van der Waals surface area contributed by atoms with E-state index in [1.807, 2.05) is 6.08 Å². The van der Waals surface area contributed by atoms with Crippen LogP contribution in [-0.4, -0.2) is 36.6 Å². The summed E-state index contributed by atoms with van der Waals surface area (Å²) in [6.45, 7) is 9.21. The molecule has 3 aromatic carbocycles. The lowest BCUT2D eigenvalue weighted by Gasteiger charge is -2.43. The lowest BCUT2D eigenvalue weighted by molar-refractivity contribution is -0.136. The third kappa shape index (κ3) is 3.13. The molecule has 164 valence electrons. The van der Waals surface area contributed by atoms with E-state index in [0.717, 1.165) is 0 Å². The van der Waals surface area contributed by atoms with E-state index in [0.29, 0.717) is 6.73 Å². The lowest BCUT2D eigenvalue weighted by Crippen LogP contribution is -2.52. The Morgan fingerprint density at radius 1 is 0.875 bits per heavy atom. The molecule has 0 saturated carbocycles. The summed E-state index contributed by atoms with van der Waals surface area (Å²) in [5.74, 6) is -1.32. The highest BCUT2D eigenvalue weighted by molar-refractivity contribution is 6.80. The maximum absolute atomic E-state index is 11.6. The van der Waals surface area contributed by atoms with Crippen LogP contribution in [-0.2, 0) is 10.3 Å². The second kappa shape index (κ2) is 7.53. The minimum Gasteiger partial charge on any atom is -0.361 e. The number of nitrogens with zero attached hydrogens (tertiary/aromatic N) is 1. The van der Waals surface area contributed by atoms with Crippen molar-refractivity contribution in [3.63, 3.8) is 0 Å². The Bertz CT molecular complexity index is 1120. The van der Waals surface area contributed by atoms with E-state index in [4.69, 9.17) is 4.74 Å². The number of aliphatic hydroxyl groups is 1. The normalized spacial score (nSPS) is 24.6. The van der Waals surface area contributed by atoms with Crippen LogP contribution in [0.25, 0.3) is 11.1 Å². The SMILES string of the molecule is C[C@@H]1N(C2(c3ccccc3)c3ccccc3-c3ccccc32)COC1(O)/C=C/[Si](C)(C)C. The van der Waals surface area contributed by atoms with Gasteiger partial charge in [0.2, 0.25) is 5.79 Å². The molecule has 0 spiro atoms.